The lowest BCUT2D eigenvalue weighted by Crippen LogP contribution is -2.49. The van der Waals surface area contributed by atoms with Crippen molar-refractivity contribution in [1.29, 1.82) is 0 Å². The fourth-order valence-electron chi connectivity index (χ4n) is 8.96. The van der Waals surface area contributed by atoms with Gasteiger partial charge < -0.3 is 59.5 Å². The van der Waals surface area contributed by atoms with Crippen molar-refractivity contribution < 1.29 is 38.0 Å². The van der Waals surface area contributed by atoms with Crippen molar-refractivity contribution in [1.82, 2.24) is 31.1 Å². The molecule has 2 unspecified atom stereocenters. The van der Waals surface area contributed by atoms with Crippen LogP contribution in [0.5, 0.6) is 0 Å². The lowest BCUT2D eigenvalue weighted by atomic mass is 9.84. The minimum atomic E-state index is -1.26. The lowest BCUT2D eigenvalue weighted by Gasteiger charge is -2.33. The van der Waals surface area contributed by atoms with E-state index < -0.39 is 5.41 Å². The number of hydrogen-bond acceptors (Lipinski definition) is 12. The molecule has 0 bridgehead atoms. The molecule has 73 heavy (non-hydrogen) atoms. The second-order valence-electron chi connectivity index (χ2n) is 19.1. The second kappa shape index (κ2) is 31.0. The van der Waals surface area contributed by atoms with Crippen molar-refractivity contribution in [2.75, 3.05) is 133 Å². The predicted octanol–water partition coefficient (Wildman–Crippen LogP) is 7.69. The number of nitrogens with one attached hydrogen (secondary N) is 4. The van der Waals surface area contributed by atoms with Crippen LogP contribution in [0.4, 0.5) is 0 Å². The molecular weight excluding hydrogens is 1010 g/mol. The van der Waals surface area contributed by atoms with Gasteiger partial charge in [0.25, 0.3) is 0 Å². The summed E-state index contributed by atoms with van der Waals surface area (Å²) in [6, 6.07) is 25.1. The van der Waals surface area contributed by atoms with Gasteiger partial charge in [-0.05, 0) is 96.7 Å². The highest BCUT2D eigenvalue weighted by atomic mass is 35.5. The van der Waals surface area contributed by atoms with E-state index in [-0.39, 0.29) is 36.7 Å². The highest BCUT2D eigenvalue weighted by Gasteiger charge is 2.35. The normalized spacial score (nSPS) is 16.1. The Morgan fingerprint density at radius 3 is 1.26 bits per heavy atom. The average Bonchev–Trinajstić information content (AvgIpc) is 3.36. The van der Waals surface area contributed by atoms with Crippen LogP contribution in [0.15, 0.2) is 72.8 Å². The summed E-state index contributed by atoms with van der Waals surface area (Å²) in [6.07, 6.45) is 0. The summed E-state index contributed by atoms with van der Waals surface area (Å²) in [5, 5.41) is 15.3. The second-order valence-corrected chi connectivity index (χ2v) is 20.8. The van der Waals surface area contributed by atoms with Gasteiger partial charge in [0, 0.05) is 97.4 Å². The molecule has 2 aliphatic rings. The number of carbonyl (C=O) groups excluding carboxylic acids is 2. The quantitative estimate of drug-likeness (QED) is 0.0281. The molecule has 2 atom stereocenters. The lowest BCUT2D eigenvalue weighted by molar-refractivity contribution is -0.141. The van der Waals surface area contributed by atoms with E-state index in [1.807, 2.05) is 12.1 Å². The van der Waals surface area contributed by atoms with Gasteiger partial charge in [-0.3, -0.25) is 9.59 Å². The van der Waals surface area contributed by atoms with Crippen LogP contribution in [0, 0.1) is 5.41 Å². The van der Waals surface area contributed by atoms with Crippen molar-refractivity contribution in [3.8, 4) is 0 Å². The molecular formula is C55H74Cl4N6O8. The topological polar surface area (TPSA) is 144 Å². The molecule has 0 fully saturated rings. The van der Waals surface area contributed by atoms with Crippen LogP contribution < -0.4 is 21.3 Å². The fourth-order valence-corrected chi connectivity index (χ4v) is 10.1. The molecule has 4 aromatic rings. The van der Waals surface area contributed by atoms with E-state index in [0.29, 0.717) is 102 Å². The van der Waals surface area contributed by atoms with E-state index in [9.17, 15) is 9.59 Å². The van der Waals surface area contributed by atoms with Gasteiger partial charge in [-0.2, -0.15) is 0 Å². The number of fused-ring (bicyclic) bond motifs is 2. The Kier molecular flexibility index (Phi) is 25.0. The first-order valence-electron chi connectivity index (χ1n) is 25.2. The minimum Gasteiger partial charge on any atom is -0.378 e. The van der Waals surface area contributed by atoms with Crippen LogP contribution in [-0.4, -0.2) is 154 Å². The van der Waals surface area contributed by atoms with E-state index in [4.69, 9.17) is 74.8 Å². The van der Waals surface area contributed by atoms with Gasteiger partial charge in [-0.15, -0.1) is 0 Å². The van der Waals surface area contributed by atoms with Gasteiger partial charge in [0.2, 0.25) is 11.8 Å². The zero-order valence-electron chi connectivity index (χ0n) is 42.8. The monoisotopic (exact) mass is 1090 g/mol. The number of ether oxygens (including phenoxy) is 6. The van der Waals surface area contributed by atoms with Crippen molar-refractivity contribution in [3.63, 3.8) is 0 Å². The van der Waals surface area contributed by atoms with Crippen LogP contribution in [0.25, 0.3) is 0 Å². The largest absolute Gasteiger partial charge is 0.378 e. The molecule has 0 saturated heterocycles. The third kappa shape index (κ3) is 19.0. The maximum absolute atomic E-state index is 12.8. The van der Waals surface area contributed by atoms with E-state index >= 15 is 0 Å². The zero-order valence-corrected chi connectivity index (χ0v) is 45.8. The maximum atomic E-state index is 12.8. The molecule has 14 nitrogen and oxygen atoms in total. The van der Waals surface area contributed by atoms with Crippen molar-refractivity contribution >= 4 is 58.2 Å². The van der Waals surface area contributed by atoms with Crippen LogP contribution in [0.2, 0.25) is 20.1 Å². The summed E-state index contributed by atoms with van der Waals surface area (Å²) in [4.78, 5) is 30.2. The Bertz CT molecular complexity index is 2200. The molecule has 18 heteroatoms. The Labute approximate surface area is 452 Å². The molecule has 4 aromatic carbocycles. The highest BCUT2D eigenvalue weighted by molar-refractivity contribution is 6.35. The molecule has 2 aliphatic heterocycles. The molecule has 2 heterocycles. The smallest absolute Gasteiger partial charge is 0.235 e. The Morgan fingerprint density at radius 1 is 0.521 bits per heavy atom. The van der Waals surface area contributed by atoms with Gasteiger partial charge in [0.05, 0.1) is 79.3 Å². The van der Waals surface area contributed by atoms with Gasteiger partial charge in [-0.1, -0.05) is 94.9 Å². The summed E-state index contributed by atoms with van der Waals surface area (Å²) < 4.78 is 33.9. The number of halogens is 4. The molecule has 4 N–H and O–H groups in total. The molecule has 0 aliphatic carbocycles. The van der Waals surface area contributed by atoms with Crippen molar-refractivity contribution in [2.45, 2.75) is 51.9 Å². The van der Waals surface area contributed by atoms with Crippen molar-refractivity contribution in [2.24, 2.45) is 5.41 Å². The summed E-state index contributed by atoms with van der Waals surface area (Å²) in [5.74, 6) is -0.365. The average molecular weight is 1090 g/mol. The molecule has 2 amide bonds. The number of hydrogen-bond donors (Lipinski definition) is 4. The van der Waals surface area contributed by atoms with Gasteiger partial charge in [-0.25, -0.2) is 0 Å². The zero-order chi connectivity index (χ0) is 52.0. The minimum absolute atomic E-state index is 0.202. The SMILES string of the molecule is CN1Cc2c(Cl)cc(Cl)cc2C(c2cccc(CNCCOCCOCCOCCNC(=O)C(C)(C)C(=O)NCCOCCOCCOCCNCc3cccc(C4CN(C)Cc5c(Cl)cc(Cl)cc54)c3)c2)C1. The molecule has 0 aromatic heterocycles. The number of amides is 2. The fraction of sp³-hybridized carbons (Fsp3) is 0.527. The van der Waals surface area contributed by atoms with E-state index in [1.165, 1.54) is 33.4 Å². The number of rotatable bonds is 32. The summed E-state index contributed by atoms with van der Waals surface area (Å²) >= 11 is 25.9. The van der Waals surface area contributed by atoms with E-state index in [0.717, 1.165) is 60.4 Å². The summed E-state index contributed by atoms with van der Waals surface area (Å²) in [5.41, 5.74) is 8.34. The molecule has 0 radical (unpaired) electrons. The number of nitrogens with zero attached hydrogens (tertiary/aromatic N) is 2. The first-order chi connectivity index (χ1) is 35.3. The van der Waals surface area contributed by atoms with Gasteiger partial charge in [0.1, 0.15) is 5.41 Å². The van der Waals surface area contributed by atoms with Crippen LogP contribution in [-0.2, 0) is 64.2 Å². The third-order valence-corrected chi connectivity index (χ3v) is 14.0. The molecule has 400 valence electrons. The Morgan fingerprint density at radius 2 is 0.877 bits per heavy atom. The van der Waals surface area contributed by atoms with Crippen LogP contribution >= 0.6 is 46.4 Å². The van der Waals surface area contributed by atoms with E-state index in [1.54, 1.807) is 13.8 Å². The Balaban J connectivity index is 0.693. The molecule has 0 saturated carbocycles. The Hall–Kier alpha value is -3.42. The highest BCUT2D eigenvalue weighted by Crippen LogP contribution is 2.40. The number of benzene rings is 4. The van der Waals surface area contributed by atoms with Gasteiger partial charge >= 0.3 is 0 Å². The maximum Gasteiger partial charge on any atom is 0.235 e. The van der Waals surface area contributed by atoms with Gasteiger partial charge in [0.15, 0.2) is 0 Å². The van der Waals surface area contributed by atoms with Crippen LogP contribution in [0.3, 0.4) is 0 Å². The third-order valence-electron chi connectivity index (χ3n) is 12.9. The molecule has 0 spiro atoms. The standard InChI is InChI=1S/C55H74Cl4N6O8/c1-55(2,53(66)62-13-17-70-21-25-72-23-19-68-15-11-60-33-39-7-5-9-41(27-39)47-35-64(3)37-49-45(47)29-43(56)31-51(49)58)54(67)63-14-18-71-22-26-73-24-20-69-16-12-61-34-40-8-6-10-42(28-40)48-36-65(4)38-50-46(48)30-44(57)32-52(50)59/h5-10,27-32,47-48,60-61H,11-26,33-38H2,1-4H3,(H,62,66)(H,63,67). The summed E-state index contributed by atoms with van der Waals surface area (Å²) in [7, 11) is 4.24. The summed E-state index contributed by atoms with van der Waals surface area (Å²) in [6.45, 7) is 15.2. The number of likely N-dealkylation sites (N-methyl/N-ethyl adjacent to an activating group) is 2. The first-order valence-corrected chi connectivity index (χ1v) is 26.8. The van der Waals surface area contributed by atoms with Crippen molar-refractivity contribution in [3.05, 3.63) is 137 Å². The predicted molar refractivity (Wildman–Crippen MR) is 290 cm³/mol. The first kappa shape index (κ1) is 58.8. The number of carbonyl (C=O) groups is 2. The van der Waals surface area contributed by atoms with E-state index in [2.05, 4.69) is 106 Å². The molecule has 6 rings (SSSR count). The van der Waals surface area contributed by atoms with Crippen LogP contribution in [0.1, 0.15) is 70.2 Å².